The van der Waals surface area contributed by atoms with Crippen molar-refractivity contribution in [3.05, 3.63) is 0 Å². The molecule has 0 N–H and O–H groups in total. The molecular weight excluding hydrogens is 533 g/mol. The van der Waals surface area contributed by atoms with Crippen LogP contribution in [-0.4, -0.2) is 107 Å². The molecular formula is C37H88N4S. The SMILES string of the molecule is C.CC(C)C(C)N(C)C(C)(C)C.CCC(C)N(C)C(C)(C)C.CCN(C)C(C)(C)C.CSCCC(C)N(C)C(C)(C)C. The van der Waals surface area contributed by atoms with Crippen molar-refractivity contribution in [1.29, 1.82) is 0 Å². The minimum Gasteiger partial charge on any atom is -0.302 e. The Kier molecular flexibility index (Phi) is 29.0. The van der Waals surface area contributed by atoms with Crippen LogP contribution in [0.5, 0.6) is 0 Å². The number of hydrogen-bond acceptors (Lipinski definition) is 5. The first-order chi connectivity index (χ1) is 18.0. The van der Waals surface area contributed by atoms with Crippen LogP contribution < -0.4 is 0 Å². The van der Waals surface area contributed by atoms with E-state index in [0.717, 1.165) is 12.5 Å². The Morgan fingerprint density at radius 1 is 0.548 bits per heavy atom. The van der Waals surface area contributed by atoms with Gasteiger partial charge in [-0.05, 0) is 169 Å². The first-order valence-electron chi connectivity index (χ1n) is 16.4. The van der Waals surface area contributed by atoms with E-state index in [1.807, 2.05) is 11.8 Å². The van der Waals surface area contributed by atoms with Crippen molar-refractivity contribution in [2.75, 3.05) is 46.7 Å². The lowest BCUT2D eigenvalue weighted by Crippen LogP contribution is -2.46. The van der Waals surface area contributed by atoms with Crippen molar-refractivity contribution in [3.63, 3.8) is 0 Å². The summed E-state index contributed by atoms with van der Waals surface area (Å²) in [6.45, 7) is 43.9. The Labute approximate surface area is 275 Å². The van der Waals surface area contributed by atoms with Gasteiger partial charge in [0.2, 0.25) is 0 Å². The fourth-order valence-electron chi connectivity index (χ4n) is 3.61. The highest BCUT2D eigenvalue weighted by Crippen LogP contribution is 2.19. The average molecular weight is 621 g/mol. The third-order valence-electron chi connectivity index (χ3n) is 9.02. The summed E-state index contributed by atoms with van der Waals surface area (Å²) in [5.74, 6) is 2.00. The highest BCUT2D eigenvalue weighted by Gasteiger charge is 2.24. The molecule has 0 aromatic carbocycles. The molecule has 0 aromatic rings. The molecule has 0 amide bonds. The maximum Gasteiger partial charge on any atom is 0.0124 e. The van der Waals surface area contributed by atoms with Crippen molar-refractivity contribution in [3.8, 4) is 0 Å². The van der Waals surface area contributed by atoms with Crippen LogP contribution in [0.25, 0.3) is 0 Å². The minimum absolute atomic E-state index is 0. The van der Waals surface area contributed by atoms with Crippen LogP contribution in [0, 0.1) is 5.92 Å². The molecule has 5 heteroatoms. The van der Waals surface area contributed by atoms with Crippen molar-refractivity contribution >= 4 is 11.8 Å². The maximum absolute atomic E-state index is 2.45. The second-order valence-corrected chi connectivity index (χ2v) is 17.4. The highest BCUT2D eigenvalue weighted by molar-refractivity contribution is 7.98. The van der Waals surface area contributed by atoms with Gasteiger partial charge in [-0.1, -0.05) is 35.1 Å². The molecule has 0 aliphatic carbocycles. The molecule has 3 atom stereocenters. The lowest BCUT2D eigenvalue weighted by molar-refractivity contribution is 0.0987. The Hall–Kier alpha value is 0.190. The van der Waals surface area contributed by atoms with E-state index in [-0.39, 0.29) is 7.43 Å². The van der Waals surface area contributed by atoms with E-state index >= 15 is 0 Å². The monoisotopic (exact) mass is 621 g/mol. The summed E-state index contributed by atoms with van der Waals surface area (Å²) in [5.41, 5.74) is 1.26. The minimum atomic E-state index is 0. The average Bonchev–Trinajstić information content (AvgIpc) is 2.82. The lowest BCUT2D eigenvalue weighted by Gasteiger charge is -2.38. The molecule has 0 fully saturated rings. The normalized spacial score (nSPS) is 14.8. The Balaban J connectivity index is -0.000000145. The van der Waals surface area contributed by atoms with Gasteiger partial charge in [-0.3, -0.25) is 14.7 Å². The molecule has 262 valence electrons. The van der Waals surface area contributed by atoms with Crippen LogP contribution in [0.2, 0.25) is 0 Å². The van der Waals surface area contributed by atoms with Crippen LogP contribution in [0.15, 0.2) is 0 Å². The van der Waals surface area contributed by atoms with Gasteiger partial charge in [0.15, 0.2) is 0 Å². The molecule has 0 rings (SSSR count). The second kappa shape index (κ2) is 23.5. The van der Waals surface area contributed by atoms with Crippen LogP contribution in [0.1, 0.15) is 152 Å². The quantitative estimate of drug-likeness (QED) is 0.253. The van der Waals surface area contributed by atoms with Gasteiger partial charge in [-0.25, -0.2) is 0 Å². The maximum atomic E-state index is 2.45. The fourth-order valence-corrected chi connectivity index (χ4v) is 4.19. The van der Waals surface area contributed by atoms with Gasteiger partial charge in [0.1, 0.15) is 0 Å². The van der Waals surface area contributed by atoms with Crippen LogP contribution >= 0.6 is 11.8 Å². The summed E-state index contributed by atoms with van der Waals surface area (Å²) in [6.07, 6.45) is 4.69. The van der Waals surface area contributed by atoms with Gasteiger partial charge in [0.05, 0.1) is 0 Å². The summed E-state index contributed by atoms with van der Waals surface area (Å²) in [6, 6.07) is 2.05. The zero-order valence-corrected chi connectivity index (χ0v) is 34.2. The van der Waals surface area contributed by atoms with Crippen LogP contribution in [0.3, 0.4) is 0 Å². The smallest absolute Gasteiger partial charge is 0.0124 e. The predicted molar refractivity (Wildman–Crippen MR) is 204 cm³/mol. The zero-order chi connectivity index (χ0) is 34.2. The molecule has 0 saturated heterocycles. The first-order valence-corrected chi connectivity index (χ1v) is 17.8. The molecule has 0 saturated carbocycles. The third-order valence-corrected chi connectivity index (χ3v) is 9.67. The van der Waals surface area contributed by atoms with E-state index in [0.29, 0.717) is 40.3 Å². The fraction of sp³-hybridized carbons (Fsp3) is 1.00. The largest absolute Gasteiger partial charge is 0.302 e. The standard InChI is InChI=1S/C10H23NS.C10H23N.C9H21N.C7H17N.CH4/c1-9(7-8-12-6)11(5)10(2,3)4;1-8(2)9(3)11(7)10(4,5)6;1-7-8(2)10(6)9(3,4)5;1-6-8(5)7(2,3)4;/h9H,7-8H2,1-6H3;8-9H,1-7H3;8H,7H2,1-6H3;6H2,1-5H3;1H4. The molecule has 0 aromatic heterocycles. The molecule has 0 spiro atoms. The lowest BCUT2D eigenvalue weighted by atomic mass is 9.98. The van der Waals surface area contributed by atoms with Gasteiger partial charge in [0.25, 0.3) is 0 Å². The van der Waals surface area contributed by atoms with Gasteiger partial charge in [-0.2, -0.15) is 11.8 Å². The third kappa shape index (κ3) is 26.6. The molecule has 0 heterocycles. The van der Waals surface area contributed by atoms with Crippen molar-refractivity contribution in [2.45, 2.75) is 192 Å². The Morgan fingerprint density at radius 3 is 1.02 bits per heavy atom. The van der Waals surface area contributed by atoms with E-state index in [1.165, 1.54) is 18.6 Å². The summed E-state index contributed by atoms with van der Waals surface area (Å²) in [5, 5.41) is 0. The Morgan fingerprint density at radius 2 is 0.881 bits per heavy atom. The molecule has 4 nitrogen and oxygen atoms in total. The van der Waals surface area contributed by atoms with E-state index in [2.05, 4.69) is 186 Å². The first kappa shape index (κ1) is 51.8. The highest BCUT2D eigenvalue weighted by atomic mass is 32.2. The van der Waals surface area contributed by atoms with Crippen molar-refractivity contribution in [2.24, 2.45) is 5.92 Å². The van der Waals surface area contributed by atoms with Crippen molar-refractivity contribution in [1.82, 2.24) is 19.6 Å². The summed E-state index contributed by atoms with van der Waals surface area (Å²) < 4.78 is 0. The molecule has 0 aliphatic heterocycles. The molecule has 0 radical (unpaired) electrons. The topological polar surface area (TPSA) is 13.0 Å². The zero-order valence-electron chi connectivity index (χ0n) is 33.3. The molecule has 0 aliphatic rings. The van der Waals surface area contributed by atoms with Gasteiger partial charge in [0, 0.05) is 40.3 Å². The summed E-state index contributed by atoms with van der Waals surface area (Å²) >= 11 is 1.93. The van der Waals surface area contributed by atoms with Crippen LogP contribution in [0.4, 0.5) is 0 Å². The predicted octanol–water partition coefficient (Wildman–Crippen LogP) is 10.5. The molecule has 3 unspecified atom stereocenters. The molecule has 42 heavy (non-hydrogen) atoms. The second-order valence-electron chi connectivity index (χ2n) is 16.4. The number of rotatable bonds is 9. The van der Waals surface area contributed by atoms with E-state index in [4.69, 9.17) is 0 Å². The van der Waals surface area contributed by atoms with E-state index in [1.54, 1.807) is 0 Å². The number of thioether (sulfide) groups is 1. The van der Waals surface area contributed by atoms with E-state index < -0.39 is 0 Å². The number of hydrogen-bond donors (Lipinski definition) is 0. The summed E-state index contributed by atoms with van der Waals surface area (Å²) in [4.78, 5) is 9.60. The van der Waals surface area contributed by atoms with Gasteiger partial charge >= 0.3 is 0 Å². The van der Waals surface area contributed by atoms with E-state index in [9.17, 15) is 0 Å². The Bertz CT molecular complexity index is 593. The summed E-state index contributed by atoms with van der Waals surface area (Å²) in [7, 11) is 8.74. The van der Waals surface area contributed by atoms with Gasteiger partial charge < -0.3 is 4.90 Å². The van der Waals surface area contributed by atoms with Crippen molar-refractivity contribution < 1.29 is 0 Å². The van der Waals surface area contributed by atoms with Gasteiger partial charge in [-0.15, -0.1) is 0 Å². The number of nitrogens with zero attached hydrogens (tertiary/aromatic N) is 4. The van der Waals surface area contributed by atoms with Crippen LogP contribution in [-0.2, 0) is 0 Å². The molecule has 0 bridgehead atoms.